The number of sulfonamides is 1. The summed E-state index contributed by atoms with van der Waals surface area (Å²) in [6, 6.07) is 10.0. The molecule has 0 amide bonds. The Labute approximate surface area is 203 Å². The summed E-state index contributed by atoms with van der Waals surface area (Å²) >= 11 is 7.23. The maximum Gasteiger partial charge on any atom is 0.266 e. The van der Waals surface area contributed by atoms with Gasteiger partial charge in [-0.1, -0.05) is 28.9 Å². The highest BCUT2D eigenvalue weighted by atomic mass is 35.5. The Morgan fingerprint density at radius 1 is 1.18 bits per heavy atom. The number of carbonyl (C=O) groups excluding carboxylic acids is 1. The first-order chi connectivity index (χ1) is 16.2. The maximum atomic E-state index is 13.6. The van der Waals surface area contributed by atoms with Gasteiger partial charge in [-0.15, -0.1) is 11.3 Å². The number of nitrogens with zero attached hydrogens (tertiary/aromatic N) is 2. The first-order valence-electron chi connectivity index (χ1n) is 9.99. The molecule has 9 nitrogen and oxygen atoms in total. The number of anilines is 2. The summed E-state index contributed by atoms with van der Waals surface area (Å²) in [5.74, 6) is 0.258. The number of ether oxygens (including phenoxy) is 2. The minimum absolute atomic E-state index is 0.0424. The Morgan fingerprint density at radius 3 is 2.65 bits per heavy atom. The summed E-state index contributed by atoms with van der Waals surface area (Å²) in [5, 5.41) is 4.13. The molecule has 2 aromatic heterocycles. The van der Waals surface area contributed by atoms with Crippen LogP contribution in [-0.2, 0) is 10.0 Å². The van der Waals surface area contributed by atoms with Crippen molar-refractivity contribution in [1.82, 2.24) is 5.16 Å². The number of rotatable bonds is 6. The molecule has 4 aromatic rings. The fraction of sp³-hybridized carbons (Fsp3) is 0.182. The third kappa shape index (κ3) is 3.65. The molecule has 0 saturated heterocycles. The molecule has 2 aromatic carbocycles. The molecule has 34 heavy (non-hydrogen) atoms. The van der Waals surface area contributed by atoms with E-state index in [4.69, 9.17) is 25.6 Å². The number of carbonyl (C=O) groups is 1. The van der Waals surface area contributed by atoms with Gasteiger partial charge in [0.2, 0.25) is 12.6 Å². The molecule has 0 spiro atoms. The van der Waals surface area contributed by atoms with Crippen LogP contribution >= 0.6 is 22.9 Å². The Kier molecular flexibility index (Phi) is 5.42. The fourth-order valence-electron chi connectivity index (χ4n) is 3.61. The summed E-state index contributed by atoms with van der Waals surface area (Å²) in [7, 11) is -0.607. The van der Waals surface area contributed by atoms with Crippen LogP contribution in [0.4, 0.5) is 11.6 Å². The molecule has 3 heterocycles. The normalized spacial score (nSPS) is 12.8. The van der Waals surface area contributed by atoms with Crippen molar-refractivity contribution in [2.75, 3.05) is 30.5 Å². The summed E-state index contributed by atoms with van der Waals surface area (Å²) in [6.45, 7) is 1.64. The van der Waals surface area contributed by atoms with E-state index in [1.165, 1.54) is 0 Å². The molecule has 12 heteroatoms. The van der Waals surface area contributed by atoms with Gasteiger partial charge < -0.3 is 18.9 Å². The SMILES string of the molecule is Cc1noc(NS(=O)(=O)c2c(C(=O)c3ccc4c(c3)OCO4)sc3c(N(C)C)cccc23)c1Cl. The van der Waals surface area contributed by atoms with Crippen molar-refractivity contribution < 1.29 is 27.2 Å². The lowest BCUT2D eigenvalue weighted by Gasteiger charge is -2.13. The second-order valence-electron chi connectivity index (χ2n) is 7.72. The standard InChI is InChI=1S/C22H18ClN3O6S2/c1-11-17(23)22(32-24-11)25-34(28,29)21-13-5-4-6-14(26(2)3)19(13)33-20(21)18(27)12-7-8-15-16(9-12)31-10-30-15/h4-9,25H,10H2,1-3H3. The van der Waals surface area contributed by atoms with E-state index in [2.05, 4.69) is 9.88 Å². The van der Waals surface area contributed by atoms with Crippen molar-refractivity contribution in [3.63, 3.8) is 0 Å². The lowest BCUT2D eigenvalue weighted by Crippen LogP contribution is -2.16. The van der Waals surface area contributed by atoms with E-state index >= 15 is 0 Å². The lowest BCUT2D eigenvalue weighted by molar-refractivity contribution is 0.103. The lowest BCUT2D eigenvalue weighted by atomic mass is 10.1. The number of aromatic nitrogens is 1. The van der Waals surface area contributed by atoms with Crippen molar-refractivity contribution in [3.8, 4) is 11.5 Å². The van der Waals surface area contributed by atoms with Crippen LogP contribution in [0.3, 0.4) is 0 Å². The highest BCUT2D eigenvalue weighted by molar-refractivity contribution is 7.93. The van der Waals surface area contributed by atoms with Gasteiger partial charge in [0.25, 0.3) is 15.9 Å². The monoisotopic (exact) mass is 519 g/mol. The van der Waals surface area contributed by atoms with Gasteiger partial charge >= 0.3 is 0 Å². The van der Waals surface area contributed by atoms with Gasteiger partial charge in [0, 0.05) is 25.0 Å². The molecule has 1 aliphatic heterocycles. The molecular weight excluding hydrogens is 502 g/mol. The molecule has 0 aliphatic carbocycles. The number of fused-ring (bicyclic) bond motifs is 2. The van der Waals surface area contributed by atoms with Crippen molar-refractivity contribution in [2.45, 2.75) is 11.8 Å². The van der Waals surface area contributed by atoms with Crippen LogP contribution < -0.4 is 19.1 Å². The maximum absolute atomic E-state index is 13.6. The van der Waals surface area contributed by atoms with E-state index in [1.54, 1.807) is 37.3 Å². The number of halogens is 1. The highest BCUT2D eigenvalue weighted by Gasteiger charge is 2.32. The quantitative estimate of drug-likeness (QED) is 0.366. The van der Waals surface area contributed by atoms with Crippen molar-refractivity contribution in [2.24, 2.45) is 0 Å². The molecule has 0 bridgehead atoms. The van der Waals surface area contributed by atoms with Gasteiger partial charge in [-0.2, -0.15) is 0 Å². The van der Waals surface area contributed by atoms with Crippen LogP contribution in [0.5, 0.6) is 11.5 Å². The molecule has 0 radical (unpaired) electrons. The van der Waals surface area contributed by atoms with E-state index in [0.717, 1.165) is 17.0 Å². The number of aryl methyl sites for hydroxylation is 1. The predicted molar refractivity (Wildman–Crippen MR) is 129 cm³/mol. The zero-order valence-corrected chi connectivity index (χ0v) is 20.6. The number of ketones is 1. The topological polar surface area (TPSA) is 111 Å². The van der Waals surface area contributed by atoms with E-state index in [-0.39, 0.29) is 33.0 Å². The average Bonchev–Trinajstić information content (AvgIpc) is 3.51. The summed E-state index contributed by atoms with van der Waals surface area (Å²) < 4.78 is 45.9. The summed E-state index contributed by atoms with van der Waals surface area (Å²) in [4.78, 5) is 15.4. The van der Waals surface area contributed by atoms with Crippen LogP contribution in [-0.4, -0.2) is 40.2 Å². The van der Waals surface area contributed by atoms with Crippen molar-refractivity contribution >= 4 is 60.4 Å². The Hall–Kier alpha value is -3.28. The van der Waals surface area contributed by atoms with Gasteiger partial charge in [-0.3, -0.25) is 4.79 Å². The van der Waals surface area contributed by atoms with Gasteiger partial charge in [0.15, 0.2) is 11.5 Å². The summed E-state index contributed by atoms with van der Waals surface area (Å²) in [5.41, 5.74) is 1.38. The van der Waals surface area contributed by atoms with Gasteiger partial charge in [0.05, 0.1) is 15.3 Å². The highest BCUT2D eigenvalue weighted by Crippen LogP contribution is 2.42. The molecule has 0 unspecified atom stereocenters. The van der Waals surface area contributed by atoms with E-state index in [1.807, 2.05) is 25.1 Å². The first-order valence-corrected chi connectivity index (χ1v) is 12.7. The predicted octanol–water partition coefficient (Wildman–Crippen LogP) is 4.68. The Balaban J connectivity index is 1.71. The smallest absolute Gasteiger partial charge is 0.266 e. The Bertz CT molecular complexity index is 1560. The molecule has 0 atom stereocenters. The third-order valence-corrected chi connectivity index (χ3v) is 8.48. The molecule has 0 fully saturated rings. The van der Waals surface area contributed by atoms with Gasteiger partial charge in [0.1, 0.15) is 15.6 Å². The molecule has 176 valence electrons. The minimum Gasteiger partial charge on any atom is -0.454 e. The number of benzene rings is 2. The van der Waals surface area contributed by atoms with E-state index < -0.39 is 15.8 Å². The largest absolute Gasteiger partial charge is 0.454 e. The first kappa shape index (κ1) is 22.5. The fourth-order valence-corrected chi connectivity index (χ4v) is 6.84. The van der Waals surface area contributed by atoms with Crippen LogP contribution in [0.15, 0.2) is 45.8 Å². The number of hydrogen-bond acceptors (Lipinski definition) is 9. The van der Waals surface area contributed by atoms with E-state index in [9.17, 15) is 13.2 Å². The number of thiophene rings is 1. The van der Waals surface area contributed by atoms with Crippen LogP contribution in [0.25, 0.3) is 10.1 Å². The van der Waals surface area contributed by atoms with Gasteiger partial charge in [-0.05, 0) is 31.2 Å². The van der Waals surface area contributed by atoms with Crippen LogP contribution in [0.1, 0.15) is 20.9 Å². The molecule has 5 rings (SSSR count). The zero-order valence-electron chi connectivity index (χ0n) is 18.2. The van der Waals surface area contributed by atoms with Gasteiger partial charge in [-0.25, -0.2) is 13.1 Å². The van der Waals surface area contributed by atoms with Crippen molar-refractivity contribution in [1.29, 1.82) is 0 Å². The summed E-state index contributed by atoms with van der Waals surface area (Å²) in [6.07, 6.45) is 0. The van der Waals surface area contributed by atoms with Crippen LogP contribution in [0, 0.1) is 6.92 Å². The second-order valence-corrected chi connectivity index (χ2v) is 10.7. The average molecular weight is 520 g/mol. The van der Waals surface area contributed by atoms with Crippen LogP contribution in [0.2, 0.25) is 5.02 Å². The third-order valence-electron chi connectivity index (χ3n) is 5.26. The zero-order chi connectivity index (χ0) is 24.2. The number of nitrogens with one attached hydrogen (secondary N) is 1. The Morgan fingerprint density at radius 2 is 1.94 bits per heavy atom. The second kappa shape index (κ2) is 8.19. The van der Waals surface area contributed by atoms with Crippen molar-refractivity contribution in [3.05, 3.63) is 57.6 Å². The number of hydrogen-bond donors (Lipinski definition) is 1. The minimum atomic E-state index is -4.30. The molecule has 1 N–H and O–H groups in total. The molecule has 1 aliphatic rings. The van der Waals surface area contributed by atoms with E-state index in [0.29, 0.717) is 27.3 Å². The molecule has 0 saturated carbocycles. The molecular formula is C22H18ClN3O6S2.